The van der Waals surface area contributed by atoms with Crippen molar-refractivity contribution in [1.29, 1.82) is 0 Å². The fraction of sp³-hybridized carbons (Fsp3) is 0.462. The van der Waals surface area contributed by atoms with E-state index in [1.807, 2.05) is 31.2 Å². The minimum Gasteiger partial charge on any atom is -0.486 e. The highest BCUT2D eigenvalue weighted by Crippen LogP contribution is 2.34. The summed E-state index contributed by atoms with van der Waals surface area (Å²) < 4.78 is 5.85. The summed E-state index contributed by atoms with van der Waals surface area (Å²) in [7, 11) is 0. The van der Waals surface area contributed by atoms with Crippen molar-refractivity contribution in [2.24, 2.45) is 0 Å². The molecule has 3 nitrogen and oxygen atoms in total. The second-order valence-corrected chi connectivity index (χ2v) is 5.37. The number of alkyl halides is 2. The average Bonchev–Trinajstić information content (AvgIpc) is 2.36. The van der Waals surface area contributed by atoms with Crippen LogP contribution in [-0.2, 0) is 4.79 Å². The molecule has 0 bridgehead atoms. The van der Waals surface area contributed by atoms with E-state index in [0.29, 0.717) is 18.7 Å². The summed E-state index contributed by atoms with van der Waals surface area (Å²) in [6.45, 7) is 2.42. The normalized spacial score (nSPS) is 19.9. The Morgan fingerprint density at radius 3 is 2.94 bits per heavy atom. The number of hydrogen-bond acceptors (Lipinski definition) is 2. The molecule has 2 rings (SSSR count). The second-order valence-electron chi connectivity index (χ2n) is 4.36. The van der Waals surface area contributed by atoms with Gasteiger partial charge in [-0.1, -0.05) is 12.1 Å². The van der Waals surface area contributed by atoms with Crippen LogP contribution in [0.5, 0.6) is 5.75 Å². The zero-order valence-corrected chi connectivity index (χ0v) is 11.6. The topological polar surface area (TPSA) is 29.5 Å². The third-order valence-corrected chi connectivity index (χ3v) is 3.25. The Kier molecular flexibility index (Phi) is 4.36. The van der Waals surface area contributed by atoms with Gasteiger partial charge in [-0.2, -0.15) is 0 Å². The molecule has 5 heteroatoms. The first kappa shape index (κ1) is 13.5. The van der Waals surface area contributed by atoms with Crippen molar-refractivity contribution in [1.82, 2.24) is 0 Å². The van der Waals surface area contributed by atoms with Gasteiger partial charge < -0.3 is 9.64 Å². The molecule has 1 aliphatic rings. The van der Waals surface area contributed by atoms with E-state index < -0.39 is 0 Å². The molecule has 1 aliphatic heterocycles. The van der Waals surface area contributed by atoms with E-state index in [4.69, 9.17) is 27.9 Å². The van der Waals surface area contributed by atoms with Gasteiger partial charge in [0.1, 0.15) is 17.7 Å². The number of para-hydroxylation sites is 2. The predicted octanol–water partition coefficient (Wildman–Crippen LogP) is 3.04. The first-order valence-corrected chi connectivity index (χ1v) is 6.85. The molecule has 0 aliphatic carbocycles. The monoisotopic (exact) mass is 287 g/mol. The van der Waals surface area contributed by atoms with Crippen LogP contribution in [0.1, 0.15) is 13.3 Å². The lowest BCUT2D eigenvalue weighted by atomic mass is 10.1. The molecule has 0 spiro atoms. The molecule has 2 unspecified atom stereocenters. The number of halogens is 2. The molecular weight excluding hydrogens is 273 g/mol. The van der Waals surface area contributed by atoms with Gasteiger partial charge in [-0.15, -0.1) is 23.2 Å². The van der Waals surface area contributed by atoms with E-state index in [1.54, 1.807) is 4.90 Å². The zero-order valence-electron chi connectivity index (χ0n) is 10.1. The number of carbonyl (C=O) groups excluding carboxylic acids is 1. The van der Waals surface area contributed by atoms with Crippen LogP contribution in [0.4, 0.5) is 5.69 Å². The zero-order chi connectivity index (χ0) is 13.1. The van der Waals surface area contributed by atoms with Gasteiger partial charge in [0.2, 0.25) is 5.91 Å². The van der Waals surface area contributed by atoms with Gasteiger partial charge in [-0.3, -0.25) is 4.79 Å². The van der Waals surface area contributed by atoms with E-state index >= 15 is 0 Å². The van der Waals surface area contributed by atoms with Crippen molar-refractivity contribution in [2.75, 3.05) is 17.3 Å². The largest absolute Gasteiger partial charge is 0.486 e. The Labute approximate surface area is 117 Å². The quantitative estimate of drug-likeness (QED) is 0.800. The van der Waals surface area contributed by atoms with Crippen molar-refractivity contribution < 1.29 is 9.53 Å². The second kappa shape index (κ2) is 5.81. The van der Waals surface area contributed by atoms with Gasteiger partial charge in [0, 0.05) is 11.8 Å². The molecule has 2 atom stereocenters. The van der Waals surface area contributed by atoms with Gasteiger partial charge in [0.05, 0.1) is 12.2 Å². The van der Waals surface area contributed by atoms with Crippen LogP contribution in [0.25, 0.3) is 0 Å². The number of nitrogens with zero attached hydrogens (tertiary/aromatic N) is 1. The lowest BCUT2D eigenvalue weighted by Gasteiger charge is -2.35. The number of benzene rings is 1. The van der Waals surface area contributed by atoms with Crippen LogP contribution < -0.4 is 9.64 Å². The number of carbonyl (C=O) groups is 1. The highest BCUT2D eigenvalue weighted by molar-refractivity contribution is 6.29. The fourth-order valence-electron chi connectivity index (χ4n) is 2.09. The van der Waals surface area contributed by atoms with Crippen molar-refractivity contribution in [3.63, 3.8) is 0 Å². The van der Waals surface area contributed by atoms with Crippen LogP contribution in [0.3, 0.4) is 0 Å². The standard InChI is InChI=1S/C13H15Cl2NO2/c1-9(15)6-10-8-16(13(17)7-14)11-4-2-3-5-12(11)18-10/h2-5,9-10H,6-8H2,1H3. The number of rotatable bonds is 3. The third-order valence-electron chi connectivity index (χ3n) is 2.84. The molecule has 18 heavy (non-hydrogen) atoms. The Balaban J connectivity index is 2.26. The molecule has 98 valence electrons. The van der Waals surface area contributed by atoms with Crippen LogP contribution >= 0.6 is 23.2 Å². The Morgan fingerprint density at radius 1 is 1.56 bits per heavy atom. The van der Waals surface area contributed by atoms with Crippen molar-refractivity contribution in [3.8, 4) is 5.75 Å². The summed E-state index contributed by atoms with van der Waals surface area (Å²) in [5, 5.41) is 0.00761. The highest BCUT2D eigenvalue weighted by Gasteiger charge is 2.29. The summed E-state index contributed by atoms with van der Waals surface area (Å²) in [4.78, 5) is 13.5. The number of amides is 1. The lowest BCUT2D eigenvalue weighted by molar-refractivity contribution is -0.116. The van der Waals surface area contributed by atoms with E-state index in [2.05, 4.69) is 0 Å². The molecule has 1 heterocycles. The van der Waals surface area contributed by atoms with E-state index in [1.165, 1.54) is 0 Å². The van der Waals surface area contributed by atoms with Gasteiger partial charge in [0.15, 0.2) is 0 Å². The van der Waals surface area contributed by atoms with Gasteiger partial charge in [-0.25, -0.2) is 0 Å². The summed E-state index contributed by atoms with van der Waals surface area (Å²) in [6.07, 6.45) is 0.613. The summed E-state index contributed by atoms with van der Waals surface area (Å²) in [5.41, 5.74) is 0.779. The maximum atomic E-state index is 11.9. The van der Waals surface area contributed by atoms with E-state index in [0.717, 1.165) is 5.69 Å². The molecule has 0 saturated heterocycles. The molecule has 0 saturated carbocycles. The lowest BCUT2D eigenvalue weighted by Crippen LogP contribution is -2.44. The highest BCUT2D eigenvalue weighted by atomic mass is 35.5. The van der Waals surface area contributed by atoms with Crippen LogP contribution in [-0.4, -0.2) is 29.8 Å². The molecule has 0 aromatic heterocycles. The molecular formula is C13H15Cl2NO2. The van der Waals surface area contributed by atoms with Crippen molar-refractivity contribution >= 4 is 34.8 Å². The summed E-state index contributed by atoms with van der Waals surface area (Å²) >= 11 is 11.6. The maximum Gasteiger partial charge on any atom is 0.242 e. The van der Waals surface area contributed by atoms with E-state index in [9.17, 15) is 4.79 Å². The first-order chi connectivity index (χ1) is 8.61. The molecule has 1 amide bonds. The smallest absolute Gasteiger partial charge is 0.242 e. The van der Waals surface area contributed by atoms with Gasteiger partial charge in [0.25, 0.3) is 0 Å². The molecule has 1 aromatic rings. The maximum absolute atomic E-state index is 11.9. The molecule has 0 fully saturated rings. The van der Waals surface area contributed by atoms with Crippen molar-refractivity contribution in [2.45, 2.75) is 24.8 Å². The molecule has 0 N–H and O–H groups in total. The average molecular weight is 288 g/mol. The first-order valence-electron chi connectivity index (χ1n) is 5.88. The van der Waals surface area contributed by atoms with Gasteiger partial charge in [-0.05, 0) is 19.1 Å². The van der Waals surface area contributed by atoms with Crippen LogP contribution in [0.15, 0.2) is 24.3 Å². The molecule has 0 radical (unpaired) electrons. The Bertz CT molecular complexity index is 437. The third kappa shape index (κ3) is 2.90. The number of ether oxygens (including phenoxy) is 1. The SMILES string of the molecule is CC(Cl)CC1CN(C(=O)CCl)c2ccccc2O1. The van der Waals surface area contributed by atoms with E-state index in [-0.39, 0.29) is 23.3 Å². The van der Waals surface area contributed by atoms with Crippen LogP contribution in [0, 0.1) is 0 Å². The number of anilines is 1. The summed E-state index contributed by atoms with van der Waals surface area (Å²) in [6, 6.07) is 7.48. The minimum absolute atomic E-state index is 0.00761. The summed E-state index contributed by atoms with van der Waals surface area (Å²) in [5.74, 6) is 0.571. The van der Waals surface area contributed by atoms with Crippen molar-refractivity contribution in [3.05, 3.63) is 24.3 Å². The Morgan fingerprint density at radius 2 is 2.28 bits per heavy atom. The Hall–Kier alpha value is -0.930. The predicted molar refractivity (Wildman–Crippen MR) is 73.9 cm³/mol. The fourth-order valence-corrected chi connectivity index (χ4v) is 2.43. The number of fused-ring (bicyclic) bond motifs is 1. The number of hydrogen-bond donors (Lipinski definition) is 0. The molecule has 1 aromatic carbocycles. The minimum atomic E-state index is -0.111. The van der Waals surface area contributed by atoms with Crippen LogP contribution in [0.2, 0.25) is 0 Å². The van der Waals surface area contributed by atoms with Gasteiger partial charge >= 0.3 is 0 Å².